The van der Waals surface area contributed by atoms with Gasteiger partial charge in [0.15, 0.2) is 6.61 Å². The van der Waals surface area contributed by atoms with Crippen LogP contribution in [0.2, 0.25) is 0 Å². The molecule has 3 rings (SSSR count). The molecular formula is C18H20N4O8S. The number of nitro groups is 1. The summed E-state index contributed by atoms with van der Waals surface area (Å²) in [5.74, 6) is -0.885. The number of nitrogens with one attached hydrogen (secondary N) is 3. The van der Waals surface area contributed by atoms with Crippen LogP contribution in [0.5, 0.6) is 0 Å². The van der Waals surface area contributed by atoms with Crippen molar-refractivity contribution < 1.29 is 32.1 Å². The second-order valence-electron chi connectivity index (χ2n) is 6.70. The van der Waals surface area contributed by atoms with Gasteiger partial charge in [0.2, 0.25) is 10.0 Å². The van der Waals surface area contributed by atoms with Crippen LogP contribution in [0, 0.1) is 10.1 Å². The van der Waals surface area contributed by atoms with Crippen molar-refractivity contribution in [2.24, 2.45) is 0 Å². The third-order valence-corrected chi connectivity index (χ3v) is 5.62. The molecule has 1 aliphatic rings. The number of sulfonamides is 1. The lowest BCUT2D eigenvalue weighted by molar-refractivity contribution is -0.384. The minimum atomic E-state index is -4.24. The monoisotopic (exact) mass is 452 g/mol. The van der Waals surface area contributed by atoms with Crippen molar-refractivity contribution in [2.75, 3.05) is 18.5 Å². The van der Waals surface area contributed by atoms with E-state index in [1.807, 2.05) is 4.72 Å². The number of carbonyl (C=O) groups excluding carboxylic acids is 2. The molecule has 1 fully saturated rings. The molecule has 1 aromatic heterocycles. The molecule has 13 heteroatoms. The second-order valence-corrected chi connectivity index (χ2v) is 8.46. The first-order valence-corrected chi connectivity index (χ1v) is 10.7. The predicted molar refractivity (Wildman–Crippen MR) is 106 cm³/mol. The number of nitro benzene ring substituents is 1. The Morgan fingerprint density at radius 3 is 2.68 bits per heavy atom. The highest BCUT2D eigenvalue weighted by atomic mass is 32.2. The summed E-state index contributed by atoms with van der Waals surface area (Å²) in [7, 11) is -4.24. The van der Waals surface area contributed by atoms with Crippen molar-refractivity contribution in [1.29, 1.82) is 0 Å². The molecule has 0 saturated heterocycles. The minimum Gasteiger partial charge on any atom is -0.467 e. The number of carbonyl (C=O) groups is 2. The van der Waals surface area contributed by atoms with Gasteiger partial charge in [-0.3, -0.25) is 19.7 Å². The van der Waals surface area contributed by atoms with Gasteiger partial charge >= 0.3 is 5.97 Å². The standard InChI is InChI=1S/C18H20N4O8S/c23-17(21-12-3-4-12)11-30-18(24)10-20-31(27,28)14-5-6-15(16(8-14)22(25)26)19-9-13-2-1-7-29-13/h1-2,5-8,12,19-20H,3-4,9-11H2,(H,21,23). The van der Waals surface area contributed by atoms with Crippen molar-refractivity contribution in [3.05, 3.63) is 52.5 Å². The summed E-state index contributed by atoms with van der Waals surface area (Å²) < 4.78 is 36.7. The van der Waals surface area contributed by atoms with E-state index in [9.17, 15) is 28.1 Å². The molecule has 1 amide bonds. The Labute approximate surface area is 177 Å². The molecular weight excluding hydrogens is 432 g/mol. The van der Waals surface area contributed by atoms with Gasteiger partial charge < -0.3 is 19.8 Å². The number of amides is 1. The van der Waals surface area contributed by atoms with E-state index < -0.39 is 50.6 Å². The molecule has 0 atom stereocenters. The van der Waals surface area contributed by atoms with E-state index in [1.54, 1.807) is 12.1 Å². The quantitative estimate of drug-likeness (QED) is 0.255. The van der Waals surface area contributed by atoms with Crippen LogP contribution in [0.25, 0.3) is 0 Å². The van der Waals surface area contributed by atoms with Gasteiger partial charge in [-0.05, 0) is 37.1 Å². The van der Waals surface area contributed by atoms with Crippen LogP contribution in [-0.4, -0.2) is 44.4 Å². The SMILES string of the molecule is O=C(COC(=O)CNS(=O)(=O)c1ccc(NCc2ccco2)c([N+](=O)[O-])c1)NC1CC1. The van der Waals surface area contributed by atoms with Crippen LogP contribution in [-0.2, 0) is 30.9 Å². The lowest BCUT2D eigenvalue weighted by Crippen LogP contribution is -2.34. The smallest absolute Gasteiger partial charge is 0.321 e. The molecule has 31 heavy (non-hydrogen) atoms. The van der Waals surface area contributed by atoms with Gasteiger partial charge in [0.05, 0.1) is 22.6 Å². The fourth-order valence-corrected chi connectivity index (χ4v) is 3.49. The summed E-state index contributed by atoms with van der Waals surface area (Å²) in [6.07, 6.45) is 3.21. The number of benzene rings is 1. The van der Waals surface area contributed by atoms with Crippen LogP contribution >= 0.6 is 0 Å². The van der Waals surface area contributed by atoms with Gasteiger partial charge in [0.1, 0.15) is 18.0 Å². The minimum absolute atomic E-state index is 0.0986. The average molecular weight is 452 g/mol. The first-order valence-electron chi connectivity index (χ1n) is 9.24. The number of esters is 1. The predicted octanol–water partition coefficient (Wildman–Crippen LogP) is 0.900. The molecule has 3 N–H and O–H groups in total. The maximum absolute atomic E-state index is 12.4. The molecule has 166 valence electrons. The van der Waals surface area contributed by atoms with Crippen molar-refractivity contribution in [3.63, 3.8) is 0 Å². The molecule has 0 aliphatic heterocycles. The molecule has 0 spiro atoms. The highest BCUT2D eigenvalue weighted by molar-refractivity contribution is 7.89. The lowest BCUT2D eigenvalue weighted by Gasteiger charge is -2.10. The summed E-state index contributed by atoms with van der Waals surface area (Å²) in [5, 5.41) is 16.8. The van der Waals surface area contributed by atoms with Crippen molar-refractivity contribution in [3.8, 4) is 0 Å². The largest absolute Gasteiger partial charge is 0.467 e. The summed E-state index contributed by atoms with van der Waals surface area (Å²) in [5.41, 5.74) is -0.366. The fraction of sp³-hybridized carbons (Fsp3) is 0.333. The maximum Gasteiger partial charge on any atom is 0.321 e. The first kappa shape index (κ1) is 22.2. The Morgan fingerprint density at radius 1 is 1.26 bits per heavy atom. The Hall–Kier alpha value is -3.45. The van der Waals surface area contributed by atoms with E-state index in [1.165, 1.54) is 12.3 Å². The van der Waals surface area contributed by atoms with Crippen molar-refractivity contribution in [2.45, 2.75) is 30.3 Å². The van der Waals surface area contributed by atoms with Crippen LogP contribution in [0.3, 0.4) is 0 Å². The molecule has 0 radical (unpaired) electrons. The van der Waals surface area contributed by atoms with Crippen molar-refractivity contribution >= 4 is 33.3 Å². The summed E-state index contributed by atoms with van der Waals surface area (Å²) in [6.45, 7) is -1.08. The van der Waals surface area contributed by atoms with Crippen LogP contribution < -0.4 is 15.4 Å². The Morgan fingerprint density at radius 2 is 2.03 bits per heavy atom. The molecule has 2 aromatic rings. The molecule has 12 nitrogen and oxygen atoms in total. The normalized spacial score (nSPS) is 13.4. The van der Waals surface area contributed by atoms with Gasteiger partial charge in [0.25, 0.3) is 11.6 Å². The lowest BCUT2D eigenvalue weighted by atomic mass is 10.2. The highest BCUT2D eigenvalue weighted by Gasteiger charge is 2.25. The van der Waals surface area contributed by atoms with Gasteiger partial charge in [0, 0.05) is 12.1 Å². The number of hydrogen-bond donors (Lipinski definition) is 3. The zero-order valence-electron chi connectivity index (χ0n) is 16.2. The first-order chi connectivity index (χ1) is 14.7. The molecule has 0 bridgehead atoms. The Balaban J connectivity index is 1.58. The number of furan rings is 1. The molecule has 1 aliphatic carbocycles. The fourth-order valence-electron chi connectivity index (χ4n) is 2.51. The second kappa shape index (κ2) is 9.57. The molecule has 1 saturated carbocycles. The molecule has 1 aromatic carbocycles. The van der Waals surface area contributed by atoms with Crippen LogP contribution in [0.4, 0.5) is 11.4 Å². The number of anilines is 1. The molecule has 0 unspecified atom stereocenters. The zero-order chi connectivity index (χ0) is 22.4. The van der Waals surface area contributed by atoms with Crippen molar-refractivity contribution in [1.82, 2.24) is 10.0 Å². The van der Waals surface area contributed by atoms with E-state index in [2.05, 4.69) is 10.6 Å². The van der Waals surface area contributed by atoms with E-state index in [-0.39, 0.29) is 18.3 Å². The van der Waals surface area contributed by atoms with Gasteiger partial charge in [-0.1, -0.05) is 0 Å². The van der Waals surface area contributed by atoms with Gasteiger partial charge in [-0.25, -0.2) is 8.42 Å². The molecule has 1 heterocycles. The third-order valence-electron chi connectivity index (χ3n) is 4.22. The Kier molecular flexibility index (Phi) is 6.87. The number of rotatable bonds is 11. The number of hydrogen-bond acceptors (Lipinski definition) is 9. The summed E-state index contributed by atoms with van der Waals surface area (Å²) in [6, 6.07) is 6.73. The third kappa shape index (κ3) is 6.52. The number of nitrogens with zero attached hydrogens (tertiary/aromatic N) is 1. The topological polar surface area (TPSA) is 170 Å². The summed E-state index contributed by atoms with van der Waals surface area (Å²) in [4.78, 5) is 33.4. The Bertz CT molecular complexity index is 1060. The zero-order valence-corrected chi connectivity index (χ0v) is 17.0. The average Bonchev–Trinajstić information content (AvgIpc) is 3.39. The van der Waals surface area contributed by atoms with E-state index in [4.69, 9.17) is 9.15 Å². The van der Waals surface area contributed by atoms with Crippen LogP contribution in [0.15, 0.2) is 45.9 Å². The van der Waals surface area contributed by atoms with Crippen LogP contribution in [0.1, 0.15) is 18.6 Å². The maximum atomic E-state index is 12.4. The van der Waals surface area contributed by atoms with Gasteiger partial charge in [-0.2, -0.15) is 4.72 Å². The highest BCUT2D eigenvalue weighted by Crippen LogP contribution is 2.28. The van der Waals surface area contributed by atoms with Gasteiger partial charge in [-0.15, -0.1) is 0 Å². The number of ether oxygens (including phenoxy) is 1. The van der Waals surface area contributed by atoms with E-state index in [0.29, 0.717) is 5.76 Å². The summed E-state index contributed by atoms with van der Waals surface area (Å²) >= 11 is 0. The van der Waals surface area contributed by atoms with E-state index >= 15 is 0 Å². The van der Waals surface area contributed by atoms with E-state index in [0.717, 1.165) is 25.0 Å².